The molecule has 0 amide bonds. The highest BCUT2D eigenvalue weighted by Gasteiger charge is 2.50. The van der Waals surface area contributed by atoms with Crippen molar-refractivity contribution in [2.24, 2.45) is 17.3 Å². The van der Waals surface area contributed by atoms with Gasteiger partial charge in [0.05, 0.1) is 11.7 Å². The number of alkyl halides is 1. The van der Waals surface area contributed by atoms with Crippen LogP contribution in [0.5, 0.6) is 0 Å². The van der Waals surface area contributed by atoms with E-state index in [0.717, 1.165) is 37.0 Å². The van der Waals surface area contributed by atoms with E-state index in [9.17, 15) is 0 Å². The van der Waals surface area contributed by atoms with E-state index in [2.05, 4.69) is 30.8 Å². The van der Waals surface area contributed by atoms with Gasteiger partial charge >= 0.3 is 0 Å². The zero-order valence-electron chi connectivity index (χ0n) is 12.8. The number of aromatic nitrogens is 2. The molecule has 3 heteroatoms. The Morgan fingerprint density at radius 3 is 2.75 bits per heavy atom. The van der Waals surface area contributed by atoms with Crippen molar-refractivity contribution >= 4 is 11.6 Å². The molecule has 2 aliphatic rings. The lowest BCUT2D eigenvalue weighted by atomic mass is 9.71. The summed E-state index contributed by atoms with van der Waals surface area (Å²) in [4.78, 5) is 0. The Morgan fingerprint density at radius 1 is 1.40 bits per heavy atom. The van der Waals surface area contributed by atoms with Crippen molar-refractivity contribution < 1.29 is 0 Å². The Hall–Kier alpha value is -0.500. The van der Waals surface area contributed by atoms with Crippen molar-refractivity contribution in [2.45, 2.75) is 64.8 Å². The zero-order valence-corrected chi connectivity index (χ0v) is 13.6. The third kappa shape index (κ3) is 2.41. The van der Waals surface area contributed by atoms with E-state index >= 15 is 0 Å². The van der Waals surface area contributed by atoms with Gasteiger partial charge in [0.1, 0.15) is 0 Å². The van der Waals surface area contributed by atoms with Gasteiger partial charge in [0.15, 0.2) is 0 Å². The quantitative estimate of drug-likeness (QED) is 0.687. The van der Waals surface area contributed by atoms with Gasteiger partial charge in [0.25, 0.3) is 0 Å². The van der Waals surface area contributed by atoms with Gasteiger partial charge in [-0.25, -0.2) is 0 Å². The molecule has 2 saturated carbocycles. The van der Waals surface area contributed by atoms with E-state index in [1.165, 1.54) is 31.4 Å². The van der Waals surface area contributed by atoms with Crippen LogP contribution in [0, 0.1) is 17.3 Å². The van der Waals surface area contributed by atoms with Gasteiger partial charge < -0.3 is 0 Å². The Labute approximate surface area is 127 Å². The molecular weight excluding hydrogens is 268 g/mol. The average molecular weight is 295 g/mol. The van der Waals surface area contributed by atoms with E-state index in [4.69, 9.17) is 16.7 Å². The Morgan fingerprint density at radius 2 is 2.20 bits per heavy atom. The molecule has 2 fully saturated rings. The third-order valence-corrected chi connectivity index (χ3v) is 6.41. The number of hydrogen-bond acceptors (Lipinski definition) is 1. The SMILES string of the molecule is CCC(CC)n1ccc(CC2(CCl)CC3CCC2C3)n1. The summed E-state index contributed by atoms with van der Waals surface area (Å²) in [6.45, 7) is 4.48. The molecule has 2 nitrogen and oxygen atoms in total. The largest absolute Gasteiger partial charge is 0.269 e. The predicted molar refractivity (Wildman–Crippen MR) is 84.2 cm³/mol. The average Bonchev–Trinajstić information content (AvgIpc) is 3.16. The topological polar surface area (TPSA) is 17.8 Å². The van der Waals surface area contributed by atoms with Crippen LogP contribution >= 0.6 is 11.6 Å². The molecule has 112 valence electrons. The van der Waals surface area contributed by atoms with Crippen LogP contribution in [0.4, 0.5) is 0 Å². The second-order valence-corrected chi connectivity index (χ2v) is 7.28. The van der Waals surface area contributed by atoms with Crippen molar-refractivity contribution in [1.29, 1.82) is 0 Å². The summed E-state index contributed by atoms with van der Waals surface area (Å²) >= 11 is 6.40. The number of fused-ring (bicyclic) bond motifs is 2. The van der Waals surface area contributed by atoms with Crippen LogP contribution < -0.4 is 0 Å². The molecule has 2 aliphatic carbocycles. The number of rotatable bonds is 6. The monoisotopic (exact) mass is 294 g/mol. The van der Waals surface area contributed by atoms with Gasteiger partial charge in [-0.05, 0) is 61.8 Å². The lowest BCUT2D eigenvalue weighted by Crippen LogP contribution is -2.32. The van der Waals surface area contributed by atoms with E-state index in [0.29, 0.717) is 11.5 Å². The third-order valence-electron chi connectivity index (χ3n) is 5.88. The summed E-state index contributed by atoms with van der Waals surface area (Å²) in [6.07, 6.45) is 11.1. The van der Waals surface area contributed by atoms with Crippen LogP contribution in [0.1, 0.15) is 64.1 Å². The van der Waals surface area contributed by atoms with Crippen LogP contribution in [0.2, 0.25) is 0 Å². The fourth-order valence-corrected chi connectivity index (χ4v) is 5.11. The molecule has 1 aromatic rings. The summed E-state index contributed by atoms with van der Waals surface area (Å²) in [5.41, 5.74) is 1.60. The molecule has 0 aromatic carbocycles. The normalized spacial score (nSPS) is 32.4. The lowest BCUT2D eigenvalue weighted by Gasteiger charge is -2.35. The van der Waals surface area contributed by atoms with Gasteiger partial charge in [-0.1, -0.05) is 20.3 Å². The van der Waals surface area contributed by atoms with Crippen molar-refractivity contribution in [3.8, 4) is 0 Å². The molecule has 3 rings (SSSR count). The molecule has 0 spiro atoms. The maximum Gasteiger partial charge on any atom is 0.0630 e. The second kappa shape index (κ2) is 5.71. The fraction of sp³-hybridized carbons (Fsp3) is 0.824. The highest BCUT2D eigenvalue weighted by atomic mass is 35.5. The van der Waals surface area contributed by atoms with E-state index in [1.807, 2.05) is 0 Å². The molecule has 1 heterocycles. The minimum absolute atomic E-state index is 0.345. The van der Waals surface area contributed by atoms with Gasteiger partial charge in [-0.3, -0.25) is 4.68 Å². The number of nitrogens with zero attached hydrogens (tertiary/aromatic N) is 2. The molecule has 2 bridgehead atoms. The zero-order chi connectivity index (χ0) is 14.2. The molecule has 3 atom stereocenters. The highest BCUT2D eigenvalue weighted by molar-refractivity contribution is 6.18. The van der Waals surface area contributed by atoms with E-state index < -0.39 is 0 Å². The van der Waals surface area contributed by atoms with Gasteiger partial charge in [-0.2, -0.15) is 5.10 Å². The predicted octanol–water partition coefficient (Wildman–Crippen LogP) is 4.83. The standard InChI is InChI=1S/C17H27ClN2/c1-3-16(4-2)20-8-7-15(19-20)11-17(12-18)10-13-5-6-14(17)9-13/h7-8,13-14,16H,3-6,9-12H2,1-2H3. The highest BCUT2D eigenvalue weighted by Crippen LogP contribution is 2.57. The van der Waals surface area contributed by atoms with Crippen molar-refractivity contribution in [3.05, 3.63) is 18.0 Å². The Kier molecular flexibility index (Phi) is 4.12. The fourth-order valence-electron chi connectivity index (χ4n) is 4.68. The van der Waals surface area contributed by atoms with Crippen molar-refractivity contribution in [2.75, 3.05) is 5.88 Å². The molecule has 0 saturated heterocycles. The molecule has 0 aliphatic heterocycles. The summed E-state index contributed by atoms with van der Waals surface area (Å²) in [6, 6.07) is 2.77. The number of halogens is 1. The molecule has 0 N–H and O–H groups in total. The summed E-state index contributed by atoms with van der Waals surface area (Å²) < 4.78 is 2.17. The van der Waals surface area contributed by atoms with Crippen LogP contribution in [0.25, 0.3) is 0 Å². The van der Waals surface area contributed by atoms with Crippen molar-refractivity contribution in [3.63, 3.8) is 0 Å². The smallest absolute Gasteiger partial charge is 0.0630 e. The number of hydrogen-bond donors (Lipinski definition) is 0. The summed E-state index contributed by atoms with van der Waals surface area (Å²) in [5.74, 6) is 2.61. The second-order valence-electron chi connectivity index (χ2n) is 7.01. The van der Waals surface area contributed by atoms with Crippen LogP contribution in [0.15, 0.2) is 12.3 Å². The maximum absolute atomic E-state index is 6.40. The Balaban J connectivity index is 1.74. The minimum Gasteiger partial charge on any atom is -0.269 e. The first-order valence-electron chi connectivity index (χ1n) is 8.30. The van der Waals surface area contributed by atoms with Crippen LogP contribution in [-0.4, -0.2) is 15.7 Å². The van der Waals surface area contributed by atoms with Gasteiger partial charge in [0, 0.05) is 12.1 Å². The molecule has 3 unspecified atom stereocenters. The van der Waals surface area contributed by atoms with Crippen LogP contribution in [0.3, 0.4) is 0 Å². The van der Waals surface area contributed by atoms with Crippen molar-refractivity contribution in [1.82, 2.24) is 9.78 Å². The Bertz CT molecular complexity index is 452. The van der Waals surface area contributed by atoms with Crippen LogP contribution in [-0.2, 0) is 6.42 Å². The molecule has 1 aromatic heterocycles. The van der Waals surface area contributed by atoms with Gasteiger partial charge in [-0.15, -0.1) is 11.6 Å². The molecule has 20 heavy (non-hydrogen) atoms. The van der Waals surface area contributed by atoms with E-state index in [1.54, 1.807) is 0 Å². The molecular formula is C17H27ClN2. The maximum atomic E-state index is 6.40. The first-order chi connectivity index (χ1) is 9.70. The minimum atomic E-state index is 0.345. The lowest BCUT2D eigenvalue weighted by molar-refractivity contribution is 0.190. The van der Waals surface area contributed by atoms with Gasteiger partial charge in [0.2, 0.25) is 0 Å². The summed E-state index contributed by atoms with van der Waals surface area (Å²) in [5, 5.41) is 4.85. The first kappa shape index (κ1) is 14.4. The molecule has 0 radical (unpaired) electrons. The summed E-state index contributed by atoms with van der Waals surface area (Å²) in [7, 11) is 0. The van der Waals surface area contributed by atoms with E-state index in [-0.39, 0.29) is 0 Å². The first-order valence-corrected chi connectivity index (χ1v) is 8.84.